The van der Waals surface area contributed by atoms with Crippen LogP contribution in [0.25, 0.3) is 11.3 Å². The van der Waals surface area contributed by atoms with Crippen molar-refractivity contribution in [3.8, 4) is 11.3 Å². The number of likely N-dealkylation sites (tertiary alicyclic amines) is 1. The van der Waals surface area contributed by atoms with Gasteiger partial charge in [0.25, 0.3) is 0 Å². The Bertz CT molecular complexity index is 1270. The number of carbonyl (C=O) groups is 3. The zero-order valence-corrected chi connectivity index (χ0v) is 21.2. The summed E-state index contributed by atoms with van der Waals surface area (Å²) in [4.78, 5) is 41.9. The van der Waals surface area contributed by atoms with Crippen LogP contribution in [-0.2, 0) is 16.0 Å². The molecule has 0 bridgehead atoms. The Kier molecular flexibility index (Phi) is 6.82. The number of aromatic nitrogens is 2. The van der Waals surface area contributed by atoms with Crippen LogP contribution in [0.3, 0.4) is 0 Å². The molecule has 200 valence electrons. The number of rotatable bonds is 4. The Balaban J connectivity index is 1.96. The molecule has 0 saturated carbocycles. The van der Waals surface area contributed by atoms with Crippen LogP contribution in [0.5, 0.6) is 0 Å². The normalized spacial score (nSPS) is 21.1. The number of likely N-dealkylation sites (N-methyl/N-ethyl adjacent to an activating group) is 1. The van der Waals surface area contributed by atoms with Crippen LogP contribution in [0.4, 0.5) is 18.0 Å². The minimum Gasteiger partial charge on any atom is -0.368 e. The van der Waals surface area contributed by atoms with Crippen molar-refractivity contribution < 1.29 is 27.6 Å². The van der Waals surface area contributed by atoms with Gasteiger partial charge in [-0.15, -0.1) is 0 Å². The summed E-state index contributed by atoms with van der Waals surface area (Å²) in [6.45, 7) is 6.36. The summed E-state index contributed by atoms with van der Waals surface area (Å²) >= 11 is 0. The minimum atomic E-state index is -1.37. The number of primary amides is 2. The number of nitrogens with two attached hydrogens (primary N) is 2. The predicted octanol–water partition coefficient (Wildman–Crippen LogP) is 2.56. The minimum absolute atomic E-state index is 0.100. The van der Waals surface area contributed by atoms with Crippen LogP contribution in [-0.4, -0.2) is 63.6 Å². The molecule has 3 atom stereocenters. The molecule has 2 aliphatic heterocycles. The number of hydrogen-bond acceptors (Lipinski definition) is 5. The monoisotopic (exact) mass is 520 g/mol. The van der Waals surface area contributed by atoms with Gasteiger partial charge in [-0.2, -0.15) is 9.78 Å². The second-order valence-corrected chi connectivity index (χ2v) is 10.8. The first kappa shape index (κ1) is 26.6. The first-order valence-electron chi connectivity index (χ1n) is 12.1. The fourth-order valence-corrected chi connectivity index (χ4v) is 5.65. The smallest absolute Gasteiger partial charge is 0.339 e. The van der Waals surface area contributed by atoms with Crippen molar-refractivity contribution in [1.82, 2.24) is 19.6 Å². The standard InChI is InChI=1S/C25H31F3N6O3/c1-25(2,3)19(23(36)33-8-5-6-17(33)22(29)35)21-18-16(7-9-32(21)4)34(24(30)37)31-20(18)12-10-14(27)15(28)11-13(12)26/h10-11,17,19,21H,5-9H2,1-4H3,(H2,29,35)(H2,30,37)/t17-,19-,21?/m0/s1. The average Bonchev–Trinajstić information content (AvgIpc) is 3.42. The van der Waals surface area contributed by atoms with Crippen LogP contribution in [0.2, 0.25) is 0 Å². The van der Waals surface area contributed by atoms with Crippen molar-refractivity contribution in [3.05, 3.63) is 40.8 Å². The molecular formula is C25H31F3N6O3. The summed E-state index contributed by atoms with van der Waals surface area (Å²) in [5.41, 5.74) is 10.7. The highest BCUT2D eigenvalue weighted by Crippen LogP contribution is 2.48. The van der Waals surface area contributed by atoms with Crippen LogP contribution >= 0.6 is 0 Å². The molecule has 3 heterocycles. The topological polar surface area (TPSA) is 128 Å². The second-order valence-electron chi connectivity index (χ2n) is 10.8. The van der Waals surface area contributed by atoms with Crippen LogP contribution < -0.4 is 11.5 Å². The van der Waals surface area contributed by atoms with E-state index in [9.17, 15) is 27.6 Å². The highest BCUT2D eigenvalue weighted by molar-refractivity contribution is 5.89. The van der Waals surface area contributed by atoms with Gasteiger partial charge in [-0.1, -0.05) is 20.8 Å². The molecule has 2 aromatic rings. The number of hydrogen-bond donors (Lipinski definition) is 2. The van der Waals surface area contributed by atoms with E-state index < -0.39 is 52.8 Å². The van der Waals surface area contributed by atoms with Gasteiger partial charge in [-0.25, -0.2) is 18.0 Å². The molecule has 37 heavy (non-hydrogen) atoms. The van der Waals surface area contributed by atoms with Crippen molar-refractivity contribution in [2.45, 2.75) is 52.1 Å². The Hall–Kier alpha value is -3.41. The molecule has 3 amide bonds. The van der Waals surface area contributed by atoms with Gasteiger partial charge in [0.2, 0.25) is 11.8 Å². The van der Waals surface area contributed by atoms with Crippen molar-refractivity contribution in [2.75, 3.05) is 20.1 Å². The highest BCUT2D eigenvalue weighted by atomic mass is 19.2. The number of nitrogens with zero attached hydrogens (tertiary/aromatic N) is 4. The molecule has 0 spiro atoms. The van der Waals surface area contributed by atoms with Gasteiger partial charge in [-0.05, 0) is 31.4 Å². The zero-order valence-electron chi connectivity index (χ0n) is 21.2. The fourth-order valence-electron chi connectivity index (χ4n) is 5.65. The number of carbonyl (C=O) groups excluding carboxylic acids is 3. The SMILES string of the molecule is CN1CCc2c(c(-c3cc(F)c(F)cc3F)nn2C(N)=O)C1[C@@H](C(=O)N1CCC[C@H]1C(N)=O)C(C)(C)C. The van der Waals surface area contributed by atoms with E-state index in [1.807, 2.05) is 25.7 Å². The summed E-state index contributed by atoms with van der Waals surface area (Å²) < 4.78 is 43.9. The number of amides is 3. The van der Waals surface area contributed by atoms with Crippen LogP contribution in [0.15, 0.2) is 12.1 Å². The van der Waals surface area contributed by atoms with E-state index in [-0.39, 0.29) is 17.2 Å². The van der Waals surface area contributed by atoms with E-state index in [4.69, 9.17) is 11.5 Å². The van der Waals surface area contributed by atoms with E-state index >= 15 is 0 Å². The molecule has 9 nitrogen and oxygen atoms in total. The first-order chi connectivity index (χ1) is 17.2. The van der Waals surface area contributed by atoms with Gasteiger partial charge in [0.15, 0.2) is 11.6 Å². The molecule has 1 saturated heterocycles. The maximum absolute atomic E-state index is 15.0. The van der Waals surface area contributed by atoms with E-state index in [1.54, 1.807) is 7.05 Å². The summed E-state index contributed by atoms with van der Waals surface area (Å²) in [5, 5.41) is 4.23. The maximum atomic E-state index is 15.0. The number of halogens is 3. The van der Waals surface area contributed by atoms with Crippen molar-refractivity contribution in [2.24, 2.45) is 22.8 Å². The van der Waals surface area contributed by atoms with Crippen molar-refractivity contribution in [1.29, 1.82) is 0 Å². The first-order valence-corrected chi connectivity index (χ1v) is 12.1. The van der Waals surface area contributed by atoms with Crippen LogP contribution in [0.1, 0.15) is 50.9 Å². The Morgan fingerprint density at radius 2 is 1.70 bits per heavy atom. The molecule has 1 aromatic heterocycles. The molecule has 1 unspecified atom stereocenters. The van der Waals surface area contributed by atoms with E-state index in [2.05, 4.69) is 5.10 Å². The lowest BCUT2D eigenvalue weighted by Crippen LogP contribution is -2.53. The molecule has 1 aromatic carbocycles. The Morgan fingerprint density at radius 3 is 2.30 bits per heavy atom. The lowest BCUT2D eigenvalue weighted by molar-refractivity contribution is -0.146. The number of fused-ring (bicyclic) bond motifs is 1. The lowest BCUT2D eigenvalue weighted by Gasteiger charge is -2.45. The third-order valence-corrected chi connectivity index (χ3v) is 7.35. The van der Waals surface area contributed by atoms with Crippen molar-refractivity contribution in [3.63, 3.8) is 0 Å². The highest BCUT2D eigenvalue weighted by Gasteiger charge is 2.49. The van der Waals surface area contributed by atoms with Crippen LogP contribution in [0, 0.1) is 28.8 Å². The Labute approximate surface area is 212 Å². The fraction of sp³-hybridized carbons (Fsp3) is 0.520. The molecule has 0 radical (unpaired) electrons. The van der Waals surface area contributed by atoms with E-state index in [0.717, 1.165) is 4.68 Å². The van der Waals surface area contributed by atoms with Gasteiger partial charge in [0.1, 0.15) is 17.6 Å². The zero-order chi connectivity index (χ0) is 27.4. The maximum Gasteiger partial charge on any atom is 0.339 e. The van der Waals surface area contributed by atoms with Gasteiger partial charge in [0, 0.05) is 36.7 Å². The third-order valence-electron chi connectivity index (χ3n) is 7.35. The van der Waals surface area contributed by atoms with Crippen molar-refractivity contribution >= 4 is 17.8 Å². The van der Waals surface area contributed by atoms with Gasteiger partial charge in [-0.3, -0.25) is 14.5 Å². The molecule has 12 heteroatoms. The molecule has 0 aliphatic carbocycles. The summed E-state index contributed by atoms with van der Waals surface area (Å²) in [7, 11) is 1.78. The van der Waals surface area contributed by atoms with E-state index in [0.29, 0.717) is 55.7 Å². The Morgan fingerprint density at radius 1 is 1.05 bits per heavy atom. The number of benzene rings is 1. The largest absolute Gasteiger partial charge is 0.368 e. The predicted molar refractivity (Wildman–Crippen MR) is 128 cm³/mol. The third kappa shape index (κ3) is 4.58. The molecule has 4 rings (SSSR count). The molecular weight excluding hydrogens is 489 g/mol. The average molecular weight is 521 g/mol. The summed E-state index contributed by atoms with van der Waals surface area (Å²) in [6.07, 6.45) is 1.36. The lowest BCUT2D eigenvalue weighted by atomic mass is 9.71. The summed E-state index contributed by atoms with van der Waals surface area (Å²) in [6, 6.07) is -1.33. The van der Waals surface area contributed by atoms with Gasteiger partial charge in [0.05, 0.1) is 17.7 Å². The summed E-state index contributed by atoms with van der Waals surface area (Å²) in [5.74, 6) is -5.44. The molecule has 4 N–H and O–H groups in total. The van der Waals surface area contributed by atoms with Gasteiger partial charge >= 0.3 is 6.03 Å². The van der Waals surface area contributed by atoms with E-state index in [1.165, 1.54) is 4.90 Å². The second kappa shape index (κ2) is 9.47. The van der Waals surface area contributed by atoms with Gasteiger partial charge < -0.3 is 16.4 Å². The quantitative estimate of drug-likeness (QED) is 0.599. The molecule has 2 aliphatic rings. The molecule has 1 fully saturated rings.